The Hall–Kier alpha value is -1.47. The number of rotatable bonds is 4. The maximum atomic E-state index is 12.2. The molecule has 7 nitrogen and oxygen atoms in total. The number of hydrogen-bond acceptors (Lipinski definition) is 5. The molecule has 0 radical (unpaired) electrons. The van der Waals surface area contributed by atoms with Crippen LogP contribution in [0.1, 0.15) is 24.5 Å². The van der Waals surface area contributed by atoms with E-state index in [1.807, 2.05) is 7.05 Å². The van der Waals surface area contributed by atoms with Crippen LogP contribution in [0.15, 0.2) is 0 Å². The molecule has 20 heavy (non-hydrogen) atoms. The number of nitrogens with zero attached hydrogens (tertiary/aromatic N) is 4. The molecule has 1 atom stereocenters. The largest absolute Gasteiger partial charge is 0.375 e. The fourth-order valence-corrected chi connectivity index (χ4v) is 2.73. The molecule has 1 fully saturated rings. The molecule has 0 bridgehead atoms. The molecule has 1 unspecified atom stereocenters. The van der Waals surface area contributed by atoms with Crippen LogP contribution in [0.25, 0.3) is 0 Å². The third kappa shape index (κ3) is 2.83. The number of fused-ring (bicyclic) bond motifs is 1. The van der Waals surface area contributed by atoms with Gasteiger partial charge in [0.1, 0.15) is 5.82 Å². The van der Waals surface area contributed by atoms with E-state index in [0.717, 1.165) is 44.1 Å². The van der Waals surface area contributed by atoms with Gasteiger partial charge in [-0.25, -0.2) is 0 Å². The van der Waals surface area contributed by atoms with Crippen molar-refractivity contribution in [1.29, 1.82) is 0 Å². The molecule has 3 rings (SSSR count). The Morgan fingerprint density at radius 3 is 3.25 bits per heavy atom. The van der Waals surface area contributed by atoms with Crippen molar-refractivity contribution < 1.29 is 9.53 Å². The summed E-state index contributed by atoms with van der Waals surface area (Å²) >= 11 is 0. The van der Waals surface area contributed by atoms with Crippen LogP contribution in [0.4, 0.5) is 0 Å². The minimum atomic E-state index is -0.0113. The fourth-order valence-electron chi connectivity index (χ4n) is 2.73. The maximum absolute atomic E-state index is 12.2. The third-order valence-electron chi connectivity index (χ3n) is 3.90. The van der Waals surface area contributed by atoms with Crippen LogP contribution in [-0.2, 0) is 29.0 Å². The number of carbonyl (C=O) groups is 1. The van der Waals surface area contributed by atoms with Crippen LogP contribution < -0.4 is 5.32 Å². The molecule has 110 valence electrons. The minimum Gasteiger partial charge on any atom is -0.375 e. The fraction of sp³-hybridized carbons (Fsp3) is 0.769. The molecular formula is C13H21N5O2. The Bertz CT molecular complexity index is 481. The van der Waals surface area contributed by atoms with Crippen LogP contribution in [0, 0.1) is 0 Å². The first kappa shape index (κ1) is 13.5. The zero-order valence-electron chi connectivity index (χ0n) is 11.8. The second kappa shape index (κ2) is 5.88. The van der Waals surface area contributed by atoms with Crippen molar-refractivity contribution in [2.45, 2.75) is 38.5 Å². The Balaban J connectivity index is 1.55. The van der Waals surface area contributed by atoms with Crippen LogP contribution in [0.3, 0.4) is 0 Å². The lowest BCUT2D eigenvalue weighted by Crippen LogP contribution is -2.41. The Labute approximate surface area is 118 Å². The van der Waals surface area contributed by atoms with Gasteiger partial charge in [0.25, 0.3) is 0 Å². The average molecular weight is 279 g/mol. The summed E-state index contributed by atoms with van der Waals surface area (Å²) in [4.78, 5) is 13.9. The monoisotopic (exact) mass is 279 g/mol. The molecule has 1 amide bonds. The van der Waals surface area contributed by atoms with E-state index in [1.54, 1.807) is 4.90 Å². The topological polar surface area (TPSA) is 72.3 Å². The van der Waals surface area contributed by atoms with Gasteiger partial charge in [-0.2, -0.15) is 0 Å². The summed E-state index contributed by atoms with van der Waals surface area (Å²) < 4.78 is 7.69. The van der Waals surface area contributed by atoms with E-state index < -0.39 is 0 Å². The molecule has 0 spiro atoms. The van der Waals surface area contributed by atoms with E-state index in [0.29, 0.717) is 19.6 Å². The average Bonchev–Trinajstić information content (AvgIpc) is 3.05. The number of ether oxygens (including phenoxy) is 1. The van der Waals surface area contributed by atoms with Crippen molar-refractivity contribution in [2.24, 2.45) is 0 Å². The Morgan fingerprint density at radius 2 is 2.45 bits per heavy atom. The highest BCUT2D eigenvalue weighted by Crippen LogP contribution is 2.15. The van der Waals surface area contributed by atoms with Gasteiger partial charge in [-0.3, -0.25) is 4.79 Å². The summed E-state index contributed by atoms with van der Waals surface area (Å²) in [6.45, 7) is 3.78. The number of aromatic nitrogens is 3. The van der Waals surface area contributed by atoms with Crippen molar-refractivity contribution in [2.75, 3.05) is 26.7 Å². The zero-order chi connectivity index (χ0) is 13.9. The Morgan fingerprint density at radius 1 is 1.55 bits per heavy atom. The van der Waals surface area contributed by atoms with Gasteiger partial charge in [0.2, 0.25) is 5.91 Å². The van der Waals surface area contributed by atoms with E-state index >= 15 is 0 Å². The molecule has 1 aromatic heterocycles. The van der Waals surface area contributed by atoms with Gasteiger partial charge in [0, 0.05) is 33.1 Å². The molecule has 0 saturated carbocycles. The maximum Gasteiger partial charge on any atom is 0.225 e. The lowest BCUT2D eigenvalue weighted by Gasteiger charge is -2.25. The van der Waals surface area contributed by atoms with Crippen molar-refractivity contribution in [3.05, 3.63) is 11.6 Å². The molecule has 0 aromatic carbocycles. The van der Waals surface area contributed by atoms with Crippen LogP contribution in [0.5, 0.6) is 0 Å². The highest BCUT2D eigenvalue weighted by atomic mass is 16.5. The van der Waals surface area contributed by atoms with Gasteiger partial charge in [-0.05, 0) is 6.42 Å². The van der Waals surface area contributed by atoms with E-state index in [-0.39, 0.29) is 12.0 Å². The smallest absolute Gasteiger partial charge is 0.225 e. The normalized spacial score (nSPS) is 21.8. The molecule has 1 aromatic rings. The standard InChI is InChI=1S/C13H21N5O2/c1-17(13(19)7-10-8-14-4-6-20-10)9-12-16-15-11-3-2-5-18(11)12/h10,14H,2-9H2,1H3. The molecule has 3 heterocycles. The predicted molar refractivity (Wildman–Crippen MR) is 72.0 cm³/mol. The number of carbonyl (C=O) groups excluding carboxylic acids is 1. The second-order valence-electron chi connectivity index (χ2n) is 5.44. The van der Waals surface area contributed by atoms with Crippen molar-refractivity contribution >= 4 is 5.91 Å². The van der Waals surface area contributed by atoms with E-state index in [1.165, 1.54) is 0 Å². The summed E-state index contributed by atoms with van der Waals surface area (Å²) in [6, 6.07) is 0. The van der Waals surface area contributed by atoms with Crippen LogP contribution in [-0.4, -0.2) is 58.4 Å². The first-order valence-electron chi connectivity index (χ1n) is 7.21. The summed E-state index contributed by atoms with van der Waals surface area (Å²) in [5.41, 5.74) is 0. The van der Waals surface area contributed by atoms with Gasteiger partial charge in [-0.1, -0.05) is 0 Å². The highest BCUT2D eigenvalue weighted by molar-refractivity contribution is 5.76. The lowest BCUT2D eigenvalue weighted by atomic mass is 10.2. The number of aryl methyl sites for hydroxylation is 1. The van der Waals surface area contributed by atoms with Gasteiger partial charge in [0.15, 0.2) is 5.82 Å². The predicted octanol–water partition coefficient (Wildman–Crippen LogP) is -0.439. The molecule has 1 saturated heterocycles. The zero-order valence-corrected chi connectivity index (χ0v) is 11.8. The molecule has 1 N–H and O–H groups in total. The minimum absolute atomic E-state index is 0.0113. The quantitative estimate of drug-likeness (QED) is 0.809. The van der Waals surface area contributed by atoms with Gasteiger partial charge in [-0.15, -0.1) is 10.2 Å². The molecular weight excluding hydrogens is 258 g/mol. The number of morpholine rings is 1. The van der Waals surface area contributed by atoms with Crippen molar-refractivity contribution in [1.82, 2.24) is 25.0 Å². The molecule has 7 heteroatoms. The molecule has 0 aliphatic carbocycles. The van der Waals surface area contributed by atoms with E-state index in [2.05, 4.69) is 20.1 Å². The molecule has 2 aliphatic heterocycles. The summed E-state index contributed by atoms with van der Waals surface area (Å²) in [5, 5.41) is 11.6. The lowest BCUT2D eigenvalue weighted by molar-refractivity contribution is -0.134. The summed E-state index contributed by atoms with van der Waals surface area (Å²) in [5.74, 6) is 2.02. The first-order chi connectivity index (χ1) is 9.74. The summed E-state index contributed by atoms with van der Waals surface area (Å²) in [7, 11) is 1.81. The number of hydrogen-bond donors (Lipinski definition) is 1. The van der Waals surface area contributed by atoms with E-state index in [9.17, 15) is 4.79 Å². The highest BCUT2D eigenvalue weighted by Gasteiger charge is 2.22. The first-order valence-corrected chi connectivity index (χ1v) is 7.21. The van der Waals surface area contributed by atoms with E-state index in [4.69, 9.17) is 4.74 Å². The number of amides is 1. The van der Waals surface area contributed by atoms with Crippen LogP contribution in [0.2, 0.25) is 0 Å². The van der Waals surface area contributed by atoms with Crippen molar-refractivity contribution in [3.63, 3.8) is 0 Å². The van der Waals surface area contributed by atoms with Gasteiger partial charge >= 0.3 is 0 Å². The molecule has 2 aliphatic rings. The SMILES string of the molecule is CN(Cc1nnc2n1CCC2)C(=O)CC1CNCCO1. The third-order valence-corrected chi connectivity index (χ3v) is 3.90. The Kier molecular flexibility index (Phi) is 3.98. The number of nitrogens with one attached hydrogen (secondary N) is 1. The van der Waals surface area contributed by atoms with Gasteiger partial charge < -0.3 is 19.5 Å². The summed E-state index contributed by atoms with van der Waals surface area (Å²) in [6.07, 6.45) is 2.52. The van der Waals surface area contributed by atoms with Gasteiger partial charge in [0.05, 0.1) is 25.7 Å². The van der Waals surface area contributed by atoms with Crippen molar-refractivity contribution in [3.8, 4) is 0 Å². The second-order valence-corrected chi connectivity index (χ2v) is 5.44. The van der Waals surface area contributed by atoms with Crippen LogP contribution >= 0.6 is 0 Å².